The summed E-state index contributed by atoms with van der Waals surface area (Å²) in [5.74, 6) is 1.00. The predicted molar refractivity (Wildman–Crippen MR) is 111 cm³/mol. The van der Waals surface area contributed by atoms with E-state index in [-0.39, 0.29) is 17.4 Å². The van der Waals surface area contributed by atoms with Gasteiger partial charge >= 0.3 is 0 Å². The number of methoxy groups -OCH3 is 1. The lowest BCUT2D eigenvalue weighted by Gasteiger charge is -2.48. The van der Waals surface area contributed by atoms with Crippen molar-refractivity contribution in [2.24, 2.45) is 11.8 Å². The predicted octanol–water partition coefficient (Wildman–Crippen LogP) is 1.65. The van der Waals surface area contributed by atoms with Crippen LogP contribution in [0.1, 0.15) is 25.3 Å². The fourth-order valence-electron chi connectivity index (χ4n) is 5.84. The lowest BCUT2D eigenvalue weighted by atomic mass is 9.74. The number of rotatable bonds is 6. The molecule has 3 aliphatic rings. The summed E-state index contributed by atoms with van der Waals surface area (Å²) in [4.78, 5) is 32.5. The van der Waals surface area contributed by atoms with Gasteiger partial charge < -0.3 is 14.5 Å². The molecule has 4 rings (SSSR count). The summed E-state index contributed by atoms with van der Waals surface area (Å²) in [6.45, 7) is 7.77. The van der Waals surface area contributed by atoms with Crippen molar-refractivity contribution in [3.05, 3.63) is 35.9 Å². The molecule has 0 unspecified atom stereocenters. The van der Waals surface area contributed by atoms with Crippen LogP contribution in [0, 0.1) is 11.8 Å². The molecule has 1 spiro atoms. The number of hydrogen-bond acceptors (Lipinski definition) is 4. The maximum absolute atomic E-state index is 13.2. The highest BCUT2D eigenvalue weighted by atomic mass is 16.5. The van der Waals surface area contributed by atoms with Gasteiger partial charge in [-0.3, -0.25) is 14.5 Å². The Morgan fingerprint density at radius 3 is 2.55 bits per heavy atom. The van der Waals surface area contributed by atoms with Crippen LogP contribution in [0.3, 0.4) is 0 Å². The van der Waals surface area contributed by atoms with E-state index in [0.717, 1.165) is 57.7 Å². The molecule has 1 aromatic rings. The van der Waals surface area contributed by atoms with Crippen LogP contribution in [0.4, 0.5) is 0 Å². The Kier molecular flexibility index (Phi) is 5.93. The van der Waals surface area contributed by atoms with Crippen molar-refractivity contribution in [3.63, 3.8) is 0 Å². The second kappa shape index (κ2) is 8.44. The van der Waals surface area contributed by atoms with Gasteiger partial charge in [0, 0.05) is 52.3 Å². The standard InChI is InChI=1S/C23H33N3O3/c1-3-26-22(28)19-16-24(13-14-29-2)17-20(19)23(26)9-11-25(12-10-23)21(27)15-18-7-5-4-6-8-18/h4-8,19-20H,3,9-17H2,1-2H3/t19-,20+/m0/s1. The SMILES string of the molecule is CCN1C(=O)[C@H]2CN(CCOC)C[C@H]2C12CCN(C(=O)Cc1ccccc1)CC2. The molecule has 2 amide bonds. The van der Waals surface area contributed by atoms with Crippen LogP contribution in [0.15, 0.2) is 30.3 Å². The zero-order valence-corrected chi connectivity index (χ0v) is 17.7. The van der Waals surface area contributed by atoms with E-state index in [9.17, 15) is 9.59 Å². The molecule has 6 nitrogen and oxygen atoms in total. The summed E-state index contributed by atoms with van der Waals surface area (Å²) in [5.41, 5.74) is 0.982. The number of piperidine rings is 1. The van der Waals surface area contributed by atoms with Gasteiger partial charge in [0.2, 0.25) is 11.8 Å². The maximum Gasteiger partial charge on any atom is 0.227 e. The van der Waals surface area contributed by atoms with Gasteiger partial charge in [0.1, 0.15) is 0 Å². The summed E-state index contributed by atoms with van der Waals surface area (Å²) in [6.07, 6.45) is 2.25. The summed E-state index contributed by atoms with van der Waals surface area (Å²) < 4.78 is 5.24. The van der Waals surface area contributed by atoms with E-state index >= 15 is 0 Å². The van der Waals surface area contributed by atoms with E-state index in [2.05, 4.69) is 16.7 Å². The molecule has 0 saturated carbocycles. The molecule has 0 aromatic heterocycles. The first-order valence-electron chi connectivity index (χ1n) is 10.9. The van der Waals surface area contributed by atoms with Gasteiger partial charge in [0.05, 0.1) is 24.5 Å². The molecule has 0 N–H and O–H groups in total. The molecule has 6 heteroatoms. The van der Waals surface area contributed by atoms with E-state index in [1.807, 2.05) is 35.2 Å². The van der Waals surface area contributed by atoms with Gasteiger partial charge in [0.15, 0.2) is 0 Å². The van der Waals surface area contributed by atoms with Crippen molar-refractivity contribution in [2.45, 2.75) is 31.7 Å². The zero-order chi connectivity index (χ0) is 20.4. The van der Waals surface area contributed by atoms with E-state index in [0.29, 0.717) is 24.9 Å². The van der Waals surface area contributed by atoms with Crippen LogP contribution in [0.2, 0.25) is 0 Å². The fraction of sp³-hybridized carbons (Fsp3) is 0.652. The molecule has 1 aromatic carbocycles. The minimum Gasteiger partial charge on any atom is -0.383 e. The number of ether oxygens (including phenoxy) is 1. The van der Waals surface area contributed by atoms with Gasteiger partial charge in [0.25, 0.3) is 0 Å². The molecule has 29 heavy (non-hydrogen) atoms. The van der Waals surface area contributed by atoms with Crippen molar-refractivity contribution >= 4 is 11.8 Å². The van der Waals surface area contributed by atoms with Crippen molar-refractivity contribution in [3.8, 4) is 0 Å². The van der Waals surface area contributed by atoms with Gasteiger partial charge in [-0.25, -0.2) is 0 Å². The van der Waals surface area contributed by atoms with Crippen LogP contribution in [-0.4, -0.2) is 85.0 Å². The Hall–Kier alpha value is -1.92. The molecule has 3 saturated heterocycles. The Balaban J connectivity index is 1.44. The van der Waals surface area contributed by atoms with Crippen LogP contribution >= 0.6 is 0 Å². The van der Waals surface area contributed by atoms with E-state index < -0.39 is 0 Å². The highest BCUT2D eigenvalue weighted by Crippen LogP contribution is 2.49. The van der Waals surface area contributed by atoms with Crippen molar-refractivity contribution in [1.82, 2.24) is 14.7 Å². The average Bonchev–Trinajstić information content (AvgIpc) is 3.26. The van der Waals surface area contributed by atoms with Crippen LogP contribution < -0.4 is 0 Å². The summed E-state index contributed by atoms with van der Waals surface area (Å²) in [5, 5.41) is 0. The topological polar surface area (TPSA) is 53.1 Å². The molecule has 3 fully saturated rings. The number of carbonyl (C=O) groups is 2. The number of benzene rings is 1. The Labute approximate surface area is 173 Å². The molecular weight excluding hydrogens is 366 g/mol. The first kappa shape index (κ1) is 20.4. The largest absolute Gasteiger partial charge is 0.383 e. The normalized spacial score (nSPS) is 26.3. The quantitative estimate of drug-likeness (QED) is 0.730. The van der Waals surface area contributed by atoms with E-state index in [4.69, 9.17) is 4.74 Å². The molecule has 3 aliphatic heterocycles. The lowest BCUT2D eigenvalue weighted by molar-refractivity contribution is -0.138. The maximum atomic E-state index is 13.2. The molecule has 0 aliphatic carbocycles. The monoisotopic (exact) mass is 399 g/mol. The Bertz CT molecular complexity index is 730. The fourth-order valence-corrected chi connectivity index (χ4v) is 5.84. The highest BCUT2D eigenvalue weighted by molar-refractivity contribution is 5.84. The smallest absolute Gasteiger partial charge is 0.227 e. The zero-order valence-electron chi connectivity index (χ0n) is 17.7. The van der Waals surface area contributed by atoms with Crippen LogP contribution in [0.25, 0.3) is 0 Å². The second-order valence-electron chi connectivity index (χ2n) is 8.69. The third-order valence-corrected chi connectivity index (χ3v) is 7.31. The molecular formula is C23H33N3O3. The van der Waals surface area contributed by atoms with Gasteiger partial charge in [-0.15, -0.1) is 0 Å². The van der Waals surface area contributed by atoms with Crippen molar-refractivity contribution in [1.29, 1.82) is 0 Å². The second-order valence-corrected chi connectivity index (χ2v) is 8.69. The summed E-state index contributed by atoms with van der Waals surface area (Å²) in [6, 6.07) is 9.95. The minimum atomic E-state index is -0.0815. The van der Waals surface area contributed by atoms with Crippen molar-refractivity contribution < 1.29 is 14.3 Å². The number of likely N-dealkylation sites (tertiary alicyclic amines) is 3. The average molecular weight is 400 g/mol. The molecule has 3 heterocycles. The molecule has 158 valence electrons. The molecule has 0 bridgehead atoms. The number of nitrogens with zero attached hydrogens (tertiary/aromatic N) is 3. The van der Waals surface area contributed by atoms with E-state index in [1.54, 1.807) is 7.11 Å². The van der Waals surface area contributed by atoms with E-state index in [1.165, 1.54) is 0 Å². The third kappa shape index (κ3) is 3.68. The Morgan fingerprint density at radius 2 is 1.90 bits per heavy atom. The van der Waals surface area contributed by atoms with Gasteiger partial charge in [-0.1, -0.05) is 30.3 Å². The lowest BCUT2D eigenvalue weighted by Crippen LogP contribution is -2.58. The minimum absolute atomic E-state index is 0.0815. The van der Waals surface area contributed by atoms with Gasteiger partial charge in [-0.05, 0) is 25.3 Å². The van der Waals surface area contributed by atoms with Crippen LogP contribution in [0.5, 0.6) is 0 Å². The first-order valence-corrected chi connectivity index (χ1v) is 10.9. The molecule has 0 radical (unpaired) electrons. The number of carbonyl (C=O) groups excluding carboxylic acids is 2. The Morgan fingerprint density at radius 1 is 1.17 bits per heavy atom. The van der Waals surface area contributed by atoms with Crippen molar-refractivity contribution in [2.75, 3.05) is 53.0 Å². The number of amides is 2. The van der Waals surface area contributed by atoms with Crippen LogP contribution in [-0.2, 0) is 20.7 Å². The van der Waals surface area contributed by atoms with Gasteiger partial charge in [-0.2, -0.15) is 0 Å². The number of hydrogen-bond donors (Lipinski definition) is 0. The summed E-state index contributed by atoms with van der Waals surface area (Å²) in [7, 11) is 1.73. The highest BCUT2D eigenvalue weighted by Gasteiger charge is 2.61. The summed E-state index contributed by atoms with van der Waals surface area (Å²) >= 11 is 0. The number of fused-ring (bicyclic) bond motifs is 2. The molecule has 2 atom stereocenters. The first-order chi connectivity index (χ1) is 14.1. The third-order valence-electron chi connectivity index (χ3n) is 7.31.